The third kappa shape index (κ3) is 8.43. The zero-order valence-corrected chi connectivity index (χ0v) is 22.4. The van der Waals surface area contributed by atoms with Crippen molar-refractivity contribution >= 4 is 39.1 Å². The van der Waals surface area contributed by atoms with E-state index in [1.165, 1.54) is 30.2 Å². The van der Waals surface area contributed by atoms with E-state index in [2.05, 4.69) is 5.32 Å². The fourth-order valence-electron chi connectivity index (χ4n) is 3.45. The van der Waals surface area contributed by atoms with Gasteiger partial charge in [-0.15, -0.1) is 0 Å². The molecule has 35 heavy (non-hydrogen) atoms. The summed E-state index contributed by atoms with van der Waals surface area (Å²) in [7, 11) is -2.38. The second-order valence-corrected chi connectivity index (χ2v) is 11.0. The molecule has 2 aromatic rings. The van der Waals surface area contributed by atoms with Gasteiger partial charge in [0.2, 0.25) is 21.8 Å². The van der Waals surface area contributed by atoms with Gasteiger partial charge >= 0.3 is 0 Å². The lowest BCUT2D eigenvalue weighted by atomic mass is 10.1. The molecule has 0 spiro atoms. The quantitative estimate of drug-likeness (QED) is 0.460. The third-order valence-corrected chi connectivity index (χ3v) is 6.87. The van der Waals surface area contributed by atoms with Gasteiger partial charge in [-0.1, -0.05) is 55.8 Å². The number of methoxy groups -OCH3 is 1. The van der Waals surface area contributed by atoms with Crippen LogP contribution in [0.4, 0.5) is 5.69 Å². The van der Waals surface area contributed by atoms with Gasteiger partial charge in [0.25, 0.3) is 0 Å². The minimum absolute atomic E-state index is 0.216. The molecule has 0 unspecified atom stereocenters. The van der Waals surface area contributed by atoms with Crippen LogP contribution in [0.5, 0.6) is 5.75 Å². The molecule has 0 fully saturated rings. The van der Waals surface area contributed by atoms with Crippen LogP contribution in [-0.4, -0.2) is 64.2 Å². The molecule has 8 nitrogen and oxygen atoms in total. The predicted molar refractivity (Wildman–Crippen MR) is 139 cm³/mol. The standard InChI is InChI=1S/C25H34ClN3O5S/c1-18(2)16-27-25(31)19(3)28(14-13-20-9-7-6-8-10-20)24(30)17-29(35(5,32)33)21-11-12-23(34-4)22(26)15-21/h6-12,15,18-19H,13-14,16-17H2,1-5H3,(H,27,31)/t19-/m1/s1. The molecule has 0 bridgehead atoms. The number of nitrogens with zero attached hydrogens (tertiary/aromatic N) is 2. The van der Waals surface area contributed by atoms with Gasteiger partial charge in [-0.2, -0.15) is 0 Å². The number of carbonyl (C=O) groups is 2. The topological polar surface area (TPSA) is 96.0 Å². The normalized spacial score (nSPS) is 12.2. The van der Waals surface area contributed by atoms with Gasteiger partial charge in [0.15, 0.2) is 0 Å². The van der Waals surface area contributed by atoms with E-state index in [-0.39, 0.29) is 29.1 Å². The Balaban J connectivity index is 2.32. The van der Waals surface area contributed by atoms with Crippen LogP contribution in [-0.2, 0) is 26.0 Å². The molecule has 2 rings (SSSR count). The molecule has 192 valence electrons. The monoisotopic (exact) mass is 523 g/mol. The number of ether oxygens (including phenoxy) is 1. The van der Waals surface area contributed by atoms with E-state index < -0.39 is 28.5 Å². The van der Waals surface area contributed by atoms with E-state index in [4.69, 9.17) is 16.3 Å². The molecule has 0 aliphatic carbocycles. The first-order chi connectivity index (χ1) is 16.4. The minimum Gasteiger partial charge on any atom is -0.495 e. The number of rotatable bonds is 12. The lowest BCUT2D eigenvalue weighted by Gasteiger charge is -2.31. The number of benzene rings is 2. The summed E-state index contributed by atoms with van der Waals surface area (Å²) >= 11 is 6.20. The molecule has 1 N–H and O–H groups in total. The van der Waals surface area contributed by atoms with Crippen molar-refractivity contribution < 1.29 is 22.7 Å². The molecule has 1 atom stereocenters. The number of hydrogen-bond donors (Lipinski definition) is 1. The number of anilines is 1. The van der Waals surface area contributed by atoms with Crippen molar-refractivity contribution in [2.75, 3.05) is 37.3 Å². The first-order valence-electron chi connectivity index (χ1n) is 11.4. The van der Waals surface area contributed by atoms with E-state index in [9.17, 15) is 18.0 Å². The zero-order chi connectivity index (χ0) is 26.2. The molecule has 0 aliphatic heterocycles. The van der Waals surface area contributed by atoms with Crippen LogP contribution in [0.25, 0.3) is 0 Å². The summed E-state index contributed by atoms with van der Waals surface area (Å²) in [5.41, 5.74) is 1.23. The number of halogens is 1. The van der Waals surface area contributed by atoms with E-state index in [1.54, 1.807) is 6.92 Å². The summed E-state index contributed by atoms with van der Waals surface area (Å²) in [5, 5.41) is 3.07. The highest BCUT2D eigenvalue weighted by molar-refractivity contribution is 7.92. The maximum absolute atomic E-state index is 13.5. The van der Waals surface area contributed by atoms with Crippen LogP contribution in [0.15, 0.2) is 48.5 Å². The Morgan fingerprint density at radius 3 is 2.29 bits per heavy atom. The average molecular weight is 524 g/mol. The van der Waals surface area contributed by atoms with Crippen LogP contribution in [0.1, 0.15) is 26.3 Å². The number of amides is 2. The molecular weight excluding hydrogens is 490 g/mol. The predicted octanol–water partition coefficient (Wildman–Crippen LogP) is 3.35. The SMILES string of the molecule is COc1ccc(N(CC(=O)N(CCc2ccccc2)[C@H](C)C(=O)NCC(C)C)S(C)(=O)=O)cc1Cl. The molecule has 10 heteroatoms. The van der Waals surface area contributed by atoms with Crippen LogP contribution in [0, 0.1) is 5.92 Å². The molecular formula is C25H34ClN3O5S. The van der Waals surface area contributed by atoms with Gasteiger partial charge < -0.3 is 15.0 Å². The molecule has 0 radical (unpaired) electrons. The second-order valence-electron chi connectivity index (χ2n) is 8.73. The molecule has 0 aromatic heterocycles. The van der Waals surface area contributed by atoms with Crippen LogP contribution >= 0.6 is 11.6 Å². The largest absolute Gasteiger partial charge is 0.495 e. The van der Waals surface area contributed by atoms with Crippen molar-refractivity contribution in [1.82, 2.24) is 10.2 Å². The Bertz CT molecular complexity index is 1110. The van der Waals surface area contributed by atoms with Gasteiger partial charge in [0.05, 0.1) is 24.1 Å². The highest BCUT2D eigenvalue weighted by Gasteiger charge is 2.30. The molecule has 0 saturated carbocycles. The third-order valence-electron chi connectivity index (χ3n) is 5.44. The average Bonchev–Trinajstić information content (AvgIpc) is 2.80. The highest BCUT2D eigenvalue weighted by atomic mass is 35.5. The van der Waals surface area contributed by atoms with Crippen LogP contribution < -0.4 is 14.4 Å². The summed E-state index contributed by atoms with van der Waals surface area (Å²) in [4.78, 5) is 27.7. The molecule has 2 aromatic carbocycles. The van der Waals surface area contributed by atoms with E-state index in [0.29, 0.717) is 18.7 Å². The Morgan fingerprint density at radius 2 is 1.74 bits per heavy atom. The molecule has 2 amide bonds. The number of hydrogen-bond acceptors (Lipinski definition) is 5. The van der Waals surface area contributed by atoms with Gasteiger partial charge in [0, 0.05) is 13.1 Å². The van der Waals surface area contributed by atoms with Gasteiger partial charge in [-0.3, -0.25) is 13.9 Å². The van der Waals surface area contributed by atoms with Crippen molar-refractivity contribution in [1.29, 1.82) is 0 Å². The summed E-state index contributed by atoms with van der Waals surface area (Å²) in [5.74, 6) is -0.153. The summed E-state index contributed by atoms with van der Waals surface area (Å²) in [6.45, 7) is 5.86. The van der Waals surface area contributed by atoms with Crippen molar-refractivity contribution in [2.24, 2.45) is 5.92 Å². The van der Waals surface area contributed by atoms with Crippen LogP contribution in [0.2, 0.25) is 5.02 Å². The van der Waals surface area contributed by atoms with Crippen LogP contribution in [0.3, 0.4) is 0 Å². The Hall–Kier alpha value is -2.78. The van der Waals surface area contributed by atoms with Crippen molar-refractivity contribution in [3.05, 3.63) is 59.1 Å². The maximum atomic E-state index is 13.5. The first-order valence-corrected chi connectivity index (χ1v) is 13.6. The maximum Gasteiger partial charge on any atom is 0.244 e. The summed E-state index contributed by atoms with van der Waals surface area (Å²) in [6.07, 6.45) is 1.53. The Kier molecular flexibility index (Phi) is 10.4. The fourth-order valence-corrected chi connectivity index (χ4v) is 4.54. The van der Waals surface area contributed by atoms with Crippen molar-refractivity contribution in [3.63, 3.8) is 0 Å². The lowest BCUT2D eigenvalue weighted by Crippen LogP contribution is -2.52. The first kappa shape index (κ1) is 28.5. The second kappa shape index (κ2) is 12.8. The number of carbonyl (C=O) groups excluding carboxylic acids is 2. The van der Waals surface area contributed by atoms with Crippen molar-refractivity contribution in [3.8, 4) is 5.75 Å². The van der Waals surface area contributed by atoms with E-state index >= 15 is 0 Å². The lowest BCUT2D eigenvalue weighted by molar-refractivity contribution is -0.138. The zero-order valence-electron chi connectivity index (χ0n) is 20.8. The van der Waals surface area contributed by atoms with E-state index in [1.807, 2.05) is 44.2 Å². The van der Waals surface area contributed by atoms with E-state index in [0.717, 1.165) is 16.1 Å². The van der Waals surface area contributed by atoms with Gasteiger partial charge in [-0.25, -0.2) is 8.42 Å². The number of nitrogens with one attached hydrogen (secondary N) is 1. The van der Waals surface area contributed by atoms with Crippen molar-refractivity contribution in [2.45, 2.75) is 33.2 Å². The van der Waals surface area contributed by atoms with Gasteiger partial charge in [-0.05, 0) is 43.0 Å². The Morgan fingerprint density at radius 1 is 1.09 bits per heavy atom. The smallest absolute Gasteiger partial charge is 0.244 e. The molecule has 0 heterocycles. The Labute approximate surface area is 213 Å². The number of sulfonamides is 1. The highest BCUT2D eigenvalue weighted by Crippen LogP contribution is 2.30. The minimum atomic E-state index is -3.83. The fraction of sp³-hybridized carbons (Fsp3) is 0.440. The summed E-state index contributed by atoms with van der Waals surface area (Å²) < 4.78 is 31.4. The summed E-state index contributed by atoms with van der Waals surface area (Å²) in [6, 6.07) is 13.3. The molecule has 0 aliphatic rings. The molecule has 0 saturated heterocycles. The van der Waals surface area contributed by atoms with Gasteiger partial charge in [0.1, 0.15) is 18.3 Å².